The van der Waals surface area contributed by atoms with Crippen molar-refractivity contribution < 1.29 is 9.53 Å². The second-order valence-electron chi connectivity index (χ2n) is 8.78. The number of likely N-dealkylation sites (tertiary alicyclic amines) is 2. The maximum atomic E-state index is 12.5. The summed E-state index contributed by atoms with van der Waals surface area (Å²) in [6.07, 6.45) is 4.95. The van der Waals surface area contributed by atoms with Gasteiger partial charge in [0.1, 0.15) is 0 Å². The van der Waals surface area contributed by atoms with Crippen LogP contribution in [0.4, 0.5) is 4.79 Å². The number of urea groups is 1. The number of amides is 2. The molecule has 6 nitrogen and oxygen atoms in total. The molecule has 0 radical (unpaired) electrons. The van der Waals surface area contributed by atoms with Gasteiger partial charge in [0.25, 0.3) is 0 Å². The summed E-state index contributed by atoms with van der Waals surface area (Å²) in [6.45, 7) is 11.8. The van der Waals surface area contributed by atoms with Gasteiger partial charge >= 0.3 is 6.03 Å². The number of carbonyl (C=O) groups is 1. The lowest BCUT2D eigenvalue weighted by Crippen LogP contribution is -2.47. The molecule has 2 amide bonds. The van der Waals surface area contributed by atoms with Gasteiger partial charge in [-0.2, -0.15) is 0 Å². The van der Waals surface area contributed by atoms with E-state index in [9.17, 15) is 4.79 Å². The van der Waals surface area contributed by atoms with Crippen LogP contribution >= 0.6 is 0 Å². The van der Waals surface area contributed by atoms with Crippen molar-refractivity contribution in [3.8, 4) is 0 Å². The van der Waals surface area contributed by atoms with Crippen LogP contribution in [0.25, 0.3) is 0 Å². The number of pyridine rings is 1. The second-order valence-corrected chi connectivity index (χ2v) is 8.78. The third kappa shape index (κ3) is 5.91. The molecule has 1 aromatic rings. The summed E-state index contributed by atoms with van der Waals surface area (Å²) in [5.74, 6) is 0.562. The molecule has 2 aliphatic heterocycles. The van der Waals surface area contributed by atoms with Gasteiger partial charge in [0.05, 0.1) is 18.4 Å². The normalized spacial score (nSPS) is 22.2. The lowest BCUT2D eigenvalue weighted by Gasteiger charge is -2.33. The maximum absolute atomic E-state index is 12.5. The minimum atomic E-state index is 0.0763. The Morgan fingerprint density at radius 2 is 2.00 bits per heavy atom. The fourth-order valence-corrected chi connectivity index (χ4v) is 3.86. The van der Waals surface area contributed by atoms with Crippen molar-refractivity contribution in [3.63, 3.8) is 0 Å². The highest BCUT2D eigenvalue weighted by molar-refractivity contribution is 5.74. The first-order chi connectivity index (χ1) is 12.9. The highest BCUT2D eigenvalue weighted by atomic mass is 16.5. The SMILES string of the molecule is CC(C)(C)N1CC[C@@H](CNC(=O)N2CCC(OCc3ccccn3)CC2)C1. The fraction of sp³-hybridized carbons (Fsp3) is 0.714. The molecule has 0 aliphatic carbocycles. The highest BCUT2D eigenvalue weighted by Crippen LogP contribution is 2.24. The zero-order valence-electron chi connectivity index (χ0n) is 17.0. The molecule has 3 rings (SSSR count). The summed E-state index contributed by atoms with van der Waals surface area (Å²) in [5, 5.41) is 3.15. The zero-order chi connectivity index (χ0) is 19.3. The lowest BCUT2D eigenvalue weighted by molar-refractivity contribution is 0.00303. The molecule has 1 atom stereocenters. The van der Waals surface area contributed by atoms with Gasteiger partial charge in [-0.1, -0.05) is 6.07 Å². The molecule has 0 unspecified atom stereocenters. The fourth-order valence-electron chi connectivity index (χ4n) is 3.86. The predicted molar refractivity (Wildman–Crippen MR) is 106 cm³/mol. The number of piperidine rings is 1. The molecule has 0 saturated carbocycles. The molecular formula is C21H34N4O2. The van der Waals surface area contributed by atoms with Crippen LogP contribution in [-0.2, 0) is 11.3 Å². The van der Waals surface area contributed by atoms with E-state index in [1.165, 1.54) is 6.42 Å². The van der Waals surface area contributed by atoms with Crippen LogP contribution in [0.3, 0.4) is 0 Å². The zero-order valence-corrected chi connectivity index (χ0v) is 17.0. The van der Waals surface area contributed by atoms with Gasteiger partial charge in [-0.3, -0.25) is 9.88 Å². The van der Waals surface area contributed by atoms with Crippen LogP contribution in [0.2, 0.25) is 0 Å². The first-order valence-corrected chi connectivity index (χ1v) is 10.2. The second kappa shape index (κ2) is 9.02. The largest absolute Gasteiger partial charge is 0.372 e. The van der Waals surface area contributed by atoms with Gasteiger partial charge in [-0.05, 0) is 64.6 Å². The number of carbonyl (C=O) groups excluding carboxylic acids is 1. The van der Waals surface area contributed by atoms with E-state index in [1.54, 1.807) is 6.20 Å². The lowest BCUT2D eigenvalue weighted by atomic mass is 10.1. The summed E-state index contributed by atoms with van der Waals surface area (Å²) in [4.78, 5) is 21.2. The number of ether oxygens (including phenoxy) is 1. The van der Waals surface area contributed by atoms with E-state index >= 15 is 0 Å². The molecular weight excluding hydrogens is 340 g/mol. The molecule has 0 spiro atoms. The number of nitrogens with zero attached hydrogens (tertiary/aromatic N) is 3. The Bertz CT molecular complexity index is 594. The Balaban J connectivity index is 1.33. The molecule has 6 heteroatoms. The average molecular weight is 375 g/mol. The van der Waals surface area contributed by atoms with Crippen LogP contribution in [0.15, 0.2) is 24.4 Å². The quantitative estimate of drug-likeness (QED) is 0.861. The Morgan fingerprint density at radius 1 is 1.22 bits per heavy atom. The average Bonchev–Trinajstić information content (AvgIpc) is 3.15. The van der Waals surface area contributed by atoms with E-state index in [2.05, 4.69) is 36.0 Å². The van der Waals surface area contributed by atoms with Crippen molar-refractivity contribution in [2.24, 2.45) is 5.92 Å². The smallest absolute Gasteiger partial charge is 0.317 e. The van der Waals surface area contributed by atoms with E-state index in [4.69, 9.17) is 4.74 Å². The molecule has 0 aromatic carbocycles. The van der Waals surface area contributed by atoms with Crippen molar-refractivity contribution in [2.75, 3.05) is 32.7 Å². The van der Waals surface area contributed by atoms with E-state index in [1.807, 2.05) is 23.1 Å². The van der Waals surface area contributed by atoms with E-state index < -0.39 is 0 Å². The summed E-state index contributed by atoms with van der Waals surface area (Å²) in [6, 6.07) is 5.94. The summed E-state index contributed by atoms with van der Waals surface area (Å²) >= 11 is 0. The number of hydrogen-bond acceptors (Lipinski definition) is 4. The molecule has 2 aliphatic rings. The predicted octanol–water partition coefficient (Wildman–Crippen LogP) is 2.89. The maximum Gasteiger partial charge on any atom is 0.317 e. The van der Waals surface area contributed by atoms with Gasteiger partial charge in [0, 0.05) is 37.9 Å². The van der Waals surface area contributed by atoms with Gasteiger partial charge in [-0.15, -0.1) is 0 Å². The van der Waals surface area contributed by atoms with Crippen LogP contribution in [0.5, 0.6) is 0 Å². The third-order valence-corrected chi connectivity index (χ3v) is 5.70. The molecule has 3 heterocycles. The minimum absolute atomic E-state index is 0.0763. The van der Waals surface area contributed by atoms with Gasteiger partial charge in [-0.25, -0.2) is 4.79 Å². The van der Waals surface area contributed by atoms with E-state index in [0.29, 0.717) is 12.5 Å². The van der Waals surface area contributed by atoms with Crippen molar-refractivity contribution in [1.29, 1.82) is 0 Å². The summed E-state index contributed by atoms with van der Waals surface area (Å²) < 4.78 is 5.96. The molecule has 2 saturated heterocycles. The minimum Gasteiger partial charge on any atom is -0.372 e. The Kier molecular flexibility index (Phi) is 6.71. The number of aromatic nitrogens is 1. The Morgan fingerprint density at radius 3 is 2.63 bits per heavy atom. The molecule has 1 aromatic heterocycles. The standard InChI is InChI=1S/C21H34N4O2/c1-21(2,3)25-13-7-17(15-25)14-23-20(26)24-11-8-19(9-12-24)27-16-18-6-4-5-10-22-18/h4-6,10,17,19H,7-9,11-16H2,1-3H3,(H,23,26)/t17-/m0/s1. The van der Waals surface area contributed by atoms with Crippen LogP contribution in [-0.4, -0.2) is 65.2 Å². The van der Waals surface area contributed by atoms with Gasteiger partial charge < -0.3 is 15.0 Å². The monoisotopic (exact) mass is 374 g/mol. The van der Waals surface area contributed by atoms with Crippen LogP contribution in [0.1, 0.15) is 45.7 Å². The Hall–Kier alpha value is -1.66. The molecule has 0 bridgehead atoms. The van der Waals surface area contributed by atoms with Crippen molar-refractivity contribution in [1.82, 2.24) is 20.1 Å². The van der Waals surface area contributed by atoms with Crippen LogP contribution in [0, 0.1) is 5.92 Å². The van der Waals surface area contributed by atoms with Crippen molar-refractivity contribution >= 4 is 6.03 Å². The molecule has 1 N–H and O–H groups in total. The first-order valence-electron chi connectivity index (χ1n) is 10.2. The van der Waals surface area contributed by atoms with Crippen molar-refractivity contribution in [2.45, 2.75) is 58.3 Å². The van der Waals surface area contributed by atoms with E-state index in [-0.39, 0.29) is 17.7 Å². The van der Waals surface area contributed by atoms with Crippen LogP contribution < -0.4 is 5.32 Å². The molecule has 27 heavy (non-hydrogen) atoms. The molecule has 150 valence electrons. The van der Waals surface area contributed by atoms with Gasteiger partial charge in [0.15, 0.2) is 0 Å². The third-order valence-electron chi connectivity index (χ3n) is 5.70. The highest BCUT2D eigenvalue weighted by Gasteiger charge is 2.31. The van der Waals surface area contributed by atoms with Crippen molar-refractivity contribution in [3.05, 3.63) is 30.1 Å². The topological polar surface area (TPSA) is 57.7 Å². The summed E-state index contributed by atoms with van der Waals surface area (Å²) in [7, 11) is 0. The molecule has 2 fully saturated rings. The first kappa shape index (κ1) is 20.1. The van der Waals surface area contributed by atoms with Gasteiger partial charge in [0.2, 0.25) is 0 Å². The number of nitrogens with one attached hydrogen (secondary N) is 1. The van der Waals surface area contributed by atoms with E-state index in [0.717, 1.165) is 51.3 Å². The number of hydrogen-bond donors (Lipinski definition) is 1. The number of rotatable bonds is 5. The Labute approximate surface area is 163 Å². The summed E-state index contributed by atoms with van der Waals surface area (Å²) in [5.41, 5.74) is 1.18.